The van der Waals surface area contributed by atoms with E-state index in [2.05, 4.69) is 20.3 Å². The zero-order valence-electron chi connectivity index (χ0n) is 21.6. The smallest absolute Gasteiger partial charge is 0.263 e. The highest BCUT2D eigenvalue weighted by Crippen LogP contribution is 2.33. The van der Waals surface area contributed by atoms with Crippen molar-refractivity contribution < 1.29 is 4.74 Å². The summed E-state index contributed by atoms with van der Waals surface area (Å²) in [4.78, 5) is 39.9. The second-order valence-corrected chi connectivity index (χ2v) is 9.49. The maximum atomic E-state index is 13.8. The lowest BCUT2D eigenvalue weighted by atomic mass is 10.1. The van der Waals surface area contributed by atoms with Crippen LogP contribution in [-0.4, -0.2) is 31.2 Å². The van der Waals surface area contributed by atoms with E-state index >= 15 is 0 Å². The predicted octanol–water partition coefficient (Wildman–Crippen LogP) is 5.31. The first-order valence-electron chi connectivity index (χ1n) is 12.5. The lowest BCUT2D eigenvalue weighted by Crippen LogP contribution is -2.26. The molecular formula is C30H23ClN6O3. The van der Waals surface area contributed by atoms with E-state index < -0.39 is 6.04 Å². The van der Waals surface area contributed by atoms with Crippen LogP contribution >= 0.6 is 11.6 Å². The Morgan fingerprint density at radius 3 is 2.42 bits per heavy atom. The van der Waals surface area contributed by atoms with Crippen LogP contribution in [0.25, 0.3) is 33.2 Å². The van der Waals surface area contributed by atoms with Crippen molar-refractivity contribution in [3.63, 3.8) is 0 Å². The predicted molar refractivity (Wildman–Crippen MR) is 156 cm³/mol. The number of para-hydroxylation sites is 1. The van der Waals surface area contributed by atoms with E-state index in [9.17, 15) is 9.59 Å². The van der Waals surface area contributed by atoms with Crippen molar-refractivity contribution in [2.45, 2.75) is 13.0 Å². The van der Waals surface area contributed by atoms with E-state index in [1.54, 1.807) is 39.7 Å². The van der Waals surface area contributed by atoms with E-state index in [1.165, 1.54) is 19.5 Å². The number of pyridine rings is 3. The summed E-state index contributed by atoms with van der Waals surface area (Å²) < 4.78 is 8.63. The second kappa shape index (κ2) is 10.3. The Bertz CT molecular complexity index is 2010. The number of nitrogens with zero attached hydrogens (tertiary/aromatic N) is 5. The Hall–Kier alpha value is -5.02. The molecule has 40 heavy (non-hydrogen) atoms. The van der Waals surface area contributed by atoms with Gasteiger partial charge in [-0.15, -0.1) is 0 Å². The molecule has 0 saturated heterocycles. The lowest BCUT2D eigenvalue weighted by molar-refractivity contribution is 0.397. The molecule has 6 rings (SSSR count). The molecule has 2 aromatic carbocycles. The summed E-state index contributed by atoms with van der Waals surface area (Å²) in [7, 11) is 1.54. The quantitative estimate of drug-likeness (QED) is 0.299. The first-order valence-corrected chi connectivity index (χ1v) is 12.9. The maximum Gasteiger partial charge on any atom is 0.263 e. The monoisotopic (exact) mass is 550 g/mol. The summed E-state index contributed by atoms with van der Waals surface area (Å²) in [5.74, 6) is 0.740. The highest BCUT2D eigenvalue weighted by molar-refractivity contribution is 6.36. The number of halogens is 1. The molecule has 4 aromatic heterocycles. The van der Waals surface area contributed by atoms with Gasteiger partial charge in [-0.25, -0.2) is 15.0 Å². The van der Waals surface area contributed by atoms with Gasteiger partial charge in [-0.05, 0) is 31.2 Å². The van der Waals surface area contributed by atoms with Gasteiger partial charge in [0.1, 0.15) is 17.5 Å². The number of ether oxygens (including phenoxy) is 1. The average molecular weight is 551 g/mol. The van der Waals surface area contributed by atoms with Crippen LogP contribution in [0.3, 0.4) is 0 Å². The molecule has 0 aliphatic carbocycles. The van der Waals surface area contributed by atoms with Crippen LogP contribution in [0.1, 0.15) is 18.7 Å². The number of hydrogen-bond donors (Lipinski definition) is 1. The van der Waals surface area contributed by atoms with Crippen LogP contribution in [0.2, 0.25) is 5.02 Å². The van der Waals surface area contributed by atoms with Crippen molar-refractivity contribution in [1.29, 1.82) is 0 Å². The maximum absolute atomic E-state index is 13.8. The summed E-state index contributed by atoms with van der Waals surface area (Å²) in [6.45, 7) is 1.87. The molecule has 0 radical (unpaired) electrons. The van der Waals surface area contributed by atoms with Crippen molar-refractivity contribution in [2.75, 3.05) is 12.4 Å². The topological polar surface area (TPSA) is 104 Å². The molecule has 0 aliphatic rings. The van der Waals surface area contributed by atoms with Crippen molar-refractivity contribution >= 4 is 39.2 Å². The summed E-state index contributed by atoms with van der Waals surface area (Å²) in [5, 5.41) is 5.21. The normalized spacial score (nSPS) is 12.0. The molecule has 0 bridgehead atoms. The van der Waals surface area contributed by atoms with Gasteiger partial charge in [-0.3, -0.25) is 14.2 Å². The van der Waals surface area contributed by atoms with Gasteiger partial charge < -0.3 is 14.6 Å². The zero-order valence-corrected chi connectivity index (χ0v) is 22.3. The minimum absolute atomic E-state index is 0.198. The third-order valence-corrected chi connectivity index (χ3v) is 7.12. The molecule has 4 heterocycles. The summed E-state index contributed by atoms with van der Waals surface area (Å²) in [5.41, 5.74) is 1.87. The number of hydrogen-bond acceptors (Lipinski definition) is 7. The number of fused-ring (bicyclic) bond motifs is 2. The highest BCUT2D eigenvalue weighted by Gasteiger charge is 2.23. The van der Waals surface area contributed by atoms with Gasteiger partial charge in [0.2, 0.25) is 5.88 Å². The molecule has 0 amide bonds. The Morgan fingerprint density at radius 2 is 1.65 bits per heavy atom. The van der Waals surface area contributed by atoms with Crippen molar-refractivity contribution in [2.24, 2.45) is 0 Å². The van der Waals surface area contributed by atoms with Crippen molar-refractivity contribution in [1.82, 2.24) is 24.1 Å². The third kappa shape index (κ3) is 4.26. The largest absolute Gasteiger partial charge is 0.481 e. The number of methoxy groups -OCH3 is 1. The summed E-state index contributed by atoms with van der Waals surface area (Å²) in [6.07, 6.45) is 4.65. The molecule has 6 aromatic rings. The van der Waals surface area contributed by atoms with Crippen LogP contribution in [0.5, 0.6) is 5.88 Å². The third-order valence-electron chi connectivity index (χ3n) is 6.72. The molecule has 9 nitrogen and oxygen atoms in total. The van der Waals surface area contributed by atoms with Gasteiger partial charge in [0.25, 0.3) is 5.56 Å². The standard InChI is InChI=1S/C30H23ClN6O3/c1-18(27-26(31)21-10-6-7-11-22(21)30(39)37(27)19-8-4-3-5-9-19)35-28-25-23(38)13-15-36(29(25)34-17-33-28)20-12-14-32-24(16-20)40-2/h3-18H,1-2H3,(H,33,34,35)/t18-/m0/s1. The fourth-order valence-electron chi connectivity index (χ4n) is 4.88. The van der Waals surface area contributed by atoms with E-state index in [-0.39, 0.29) is 16.4 Å². The fraction of sp³-hybridized carbons (Fsp3) is 0.100. The van der Waals surface area contributed by atoms with Crippen LogP contribution in [0, 0.1) is 0 Å². The first-order chi connectivity index (χ1) is 19.5. The second-order valence-electron chi connectivity index (χ2n) is 9.11. The van der Waals surface area contributed by atoms with Crippen LogP contribution in [0.4, 0.5) is 5.82 Å². The molecule has 0 spiro atoms. The number of anilines is 1. The van der Waals surface area contributed by atoms with Crippen LogP contribution < -0.4 is 21.0 Å². The molecule has 0 aliphatic heterocycles. The molecule has 198 valence electrons. The van der Waals surface area contributed by atoms with E-state index in [4.69, 9.17) is 16.3 Å². The highest BCUT2D eigenvalue weighted by atomic mass is 35.5. The van der Waals surface area contributed by atoms with Crippen molar-refractivity contribution in [3.8, 4) is 17.3 Å². The zero-order chi connectivity index (χ0) is 27.8. The summed E-state index contributed by atoms with van der Waals surface area (Å²) in [6, 6.07) is 21.0. The Kier molecular flexibility index (Phi) is 6.49. The minimum Gasteiger partial charge on any atom is -0.481 e. The number of rotatable bonds is 6. The van der Waals surface area contributed by atoms with Gasteiger partial charge in [0.15, 0.2) is 11.1 Å². The van der Waals surface area contributed by atoms with Gasteiger partial charge in [-0.2, -0.15) is 0 Å². The molecular weight excluding hydrogens is 528 g/mol. The number of aromatic nitrogens is 5. The van der Waals surface area contributed by atoms with E-state index in [0.717, 1.165) is 0 Å². The van der Waals surface area contributed by atoms with Gasteiger partial charge >= 0.3 is 0 Å². The fourth-order valence-corrected chi connectivity index (χ4v) is 5.29. The van der Waals surface area contributed by atoms with Crippen molar-refractivity contribution in [3.05, 3.63) is 123 Å². The lowest BCUT2D eigenvalue weighted by Gasteiger charge is -2.23. The van der Waals surface area contributed by atoms with E-state index in [1.807, 2.05) is 55.5 Å². The molecule has 1 N–H and O–H groups in total. The molecule has 0 unspecified atom stereocenters. The van der Waals surface area contributed by atoms with E-state index in [0.29, 0.717) is 50.2 Å². The average Bonchev–Trinajstić information content (AvgIpc) is 2.99. The van der Waals surface area contributed by atoms with Gasteiger partial charge in [0, 0.05) is 41.0 Å². The number of nitrogens with one attached hydrogen (secondary N) is 1. The van der Waals surface area contributed by atoms with Gasteiger partial charge in [0.05, 0.1) is 29.6 Å². The van der Waals surface area contributed by atoms with Crippen LogP contribution in [-0.2, 0) is 0 Å². The SMILES string of the molecule is COc1cc(-n2ccc(=O)c3c(N[C@@H](C)c4c(Cl)c5ccccc5c(=O)n4-c4ccccc4)ncnc32)ccn1. The molecule has 0 saturated carbocycles. The summed E-state index contributed by atoms with van der Waals surface area (Å²) >= 11 is 7.00. The Labute approximate surface area is 233 Å². The Balaban J connectivity index is 1.53. The minimum atomic E-state index is -0.530. The Morgan fingerprint density at radius 1 is 0.900 bits per heavy atom. The van der Waals surface area contributed by atoms with Crippen LogP contribution in [0.15, 0.2) is 101 Å². The number of benzene rings is 2. The molecule has 0 fully saturated rings. The molecule has 10 heteroatoms. The first kappa shape index (κ1) is 25.3. The molecule has 1 atom stereocenters. The van der Waals surface area contributed by atoms with Gasteiger partial charge in [-0.1, -0.05) is 48.0 Å².